The van der Waals surface area contributed by atoms with E-state index in [1.165, 1.54) is 32.1 Å². The molecule has 1 N–H and O–H groups in total. The van der Waals surface area contributed by atoms with E-state index in [0.717, 1.165) is 5.92 Å². The molecule has 1 fully saturated rings. The smallest absolute Gasteiger partial charge is 0.238 e. The Hall–Kier alpha value is -0.570. The Morgan fingerprint density at radius 2 is 1.75 bits per heavy atom. The summed E-state index contributed by atoms with van der Waals surface area (Å²) in [7, 11) is 3.62. The van der Waals surface area contributed by atoms with Gasteiger partial charge in [-0.1, -0.05) is 19.3 Å². The van der Waals surface area contributed by atoms with E-state index in [-0.39, 0.29) is 11.9 Å². The van der Waals surface area contributed by atoms with Gasteiger partial charge in [0.2, 0.25) is 5.91 Å². The molecule has 0 aromatic carbocycles. The van der Waals surface area contributed by atoms with E-state index in [2.05, 4.69) is 12.2 Å². The molecule has 1 unspecified atom stereocenters. The highest BCUT2D eigenvalue weighted by atomic mass is 16.2. The zero-order valence-corrected chi connectivity index (χ0v) is 11.1. The summed E-state index contributed by atoms with van der Waals surface area (Å²) in [6, 6.07) is 0.395. The first-order valence-corrected chi connectivity index (χ1v) is 6.49. The highest BCUT2D eigenvalue weighted by molar-refractivity contribution is 5.80. The summed E-state index contributed by atoms with van der Waals surface area (Å²) in [6.07, 6.45) is 6.73. The van der Waals surface area contributed by atoms with Crippen molar-refractivity contribution in [1.82, 2.24) is 10.2 Å². The maximum absolute atomic E-state index is 11.7. The predicted octanol–water partition coefficient (Wildman–Crippen LogP) is 2.02. The number of carbonyl (C=O) groups excluding carboxylic acids is 1. The summed E-state index contributed by atoms with van der Waals surface area (Å²) in [6.45, 7) is 4.18. The molecule has 94 valence electrons. The Kier molecular flexibility index (Phi) is 5.26. The minimum absolute atomic E-state index is 0.0630. The quantitative estimate of drug-likeness (QED) is 0.795. The molecule has 0 aliphatic heterocycles. The molecular formula is C13H26N2O. The van der Waals surface area contributed by atoms with E-state index in [1.807, 2.05) is 21.0 Å². The Morgan fingerprint density at radius 3 is 2.25 bits per heavy atom. The van der Waals surface area contributed by atoms with Crippen LogP contribution in [0.15, 0.2) is 0 Å². The molecule has 0 heterocycles. The third kappa shape index (κ3) is 3.78. The molecule has 0 aromatic heterocycles. The Labute approximate surface area is 99.6 Å². The molecule has 3 nitrogen and oxygen atoms in total. The van der Waals surface area contributed by atoms with Gasteiger partial charge in [-0.2, -0.15) is 0 Å². The Balaban J connectivity index is 2.37. The summed E-state index contributed by atoms with van der Waals surface area (Å²) in [4.78, 5) is 13.4. The van der Waals surface area contributed by atoms with Gasteiger partial charge >= 0.3 is 0 Å². The SMILES string of the molecule is CC(N[C@H](C)C1CCCCC1)C(=O)N(C)C. The normalized spacial score (nSPS) is 21.5. The van der Waals surface area contributed by atoms with E-state index in [0.29, 0.717) is 6.04 Å². The summed E-state index contributed by atoms with van der Waals surface area (Å²) >= 11 is 0. The lowest BCUT2D eigenvalue weighted by Crippen LogP contribution is -2.47. The highest BCUT2D eigenvalue weighted by Crippen LogP contribution is 2.26. The first-order valence-electron chi connectivity index (χ1n) is 6.49. The fourth-order valence-electron chi connectivity index (χ4n) is 2.62. The summed E-state index contributed by atoms with van der Waals surface area (Å²) in [5.74, 6) is 0.925. The molecule has 1 aliphatic rings. The average molecular weight is 226 g/mol. The van der Waals surface area contributed by atoms with E-state index in [9.17, 15) is 4.79 Å². The number of hydrogen-bond donors (Lipinski definition) is 1. The molecule has 0 bridgehead atoms. The van der Waals surface area contributed by atoms with Crippen LogP contribution in [-0.4, -0.2) is 37.0 Å². The topological polar surface area (TPSA) is 32.3 Å². The van der Waals surface area contributed by atoms with Gasteiger partial charge in [-0.15, -0.1) is 0 Å². The summed E-state index contributed by atoms with van der Waals surface area (Å²) < 4.78 is 0. The summed E-state index contributed by atoms with van der Waals surface area (Å²) in [5, 5.41) is 3.44. The third-order valence-electron chi connectivity index (χ3n) is 3.68. The fraction of sp³-hybridized carbons (Fsp3) is 0.923. The van der Waals surface area contributed by atoms with Gasteiger partial charge in [0.25, 0.3) is 0 Å². The third-order valence-corrected chi connectivity index (χ3v) is 3.68. The standard InChI is InChI=1S/C13H26N2O/c1-10(12-8-6-5-7-9-12)14-11(2)13(16)15(3)4/h10-12,14H,5-9H2,1-4H3/t10-,11?/m1/s1. The fourth-order valence-corrected chi connectivity index (χ4v) is 2.62. The molecule has 16 heavy (non-hydrogen) atoms. The molecule has 1 saturated carbocycles. The molecule has 0 radical (unpaired) electrons. The van der Waals surface area contributed by atoms with Crippen molar-refractivity contribution in [3.63, 3.8) is 0 Å². The van der Waals surface area contributed by atoms with Gasteiger partial charge in [0.05, 0.1) is 6.04 Å². The van der Waals surface area contributed by atoms with Crippen LogP contribution >= 0.6 is 0 Å². The first kappa shape index (κ1) is 13.5. The van der Waals surface area contributed by atoms with Gasteiger partial charge in [-0.3, -0.25) is 4.79 Å². The van der Waals surface area contributed by atoms with Crippen LogP contribution in [0.5, 0.6) is 0 Å². The second kappa shape index (κ2) is 6.24. The monoisotopic (exact) mass is 226 g/mol. The molecule has 1 amide bonds. The van der Waals surface area contributed by atoms with Crippen LogP contribution in [0.25, 0.3) is 0 Å². The van der Waals surface area contributed by atoms with E-state index in [1.54, 1.807) is 4.90 Å². The number of hydrogen-bond acceptors (Lipinski definition) is 2. The van der Waals surface area contributed by atoms with E-state index >= 15 is 0 Å². The number of nitrogens with one attached hydrogen (secondary N) is 1. The van der Waals surface area contributed by atoms with Gasteiger partial charge in [-0.25, -0.2) is 0 Å². The van der Waals surface area contributed by atoms with Gasteiger partial charge in [-0.05, 0) is 32.6 Å². The maximum atomic E-state index is 11.7. The minimum Gasteiger partial charge on any atom is -0.347 e. The second-order valence-corrected chi connectivity index (χ2v) is 5.31. The highest BCUT2D eigenvalue weighted by Gasteiger charge is 2.23. The predicted molar refractivity (Wildman–Crippen MR) is 67.3 cm³/mol. The molecule has 1 aliphatic carbocycles. The van der Waals surface area contributed by atoms with E-state index < -0.39 is 0 Å². The van der Waals surface area contributed by atoms with Gasteiger partial charge in [0, 0.05) is 20.1 Å². The van der Waals surface area contributed by atoms with Crippen molar-refractivity contribution >= 4 is 5.91 Å². The van der Waals surface area contributed by atoms with Crippen LogP contribution in [0.3, 0.4) is 0 Å². The molecule has 0 aromatic rings. The van der Waals surface area contributed by atoms with Gasteiger partial charge < -0.3 is 10.2 Å². The van der Waals surface area contributed by atoms with Crippen molar-refractivity contribution in [2.75, 3.05) is 14.1 Å². The average Bonchev–Trinajstić information content (AvgIpc) is 2.28. The van der Waals surface area contributed by atoms with Crippen LogP contribution in [0.2, 0.25) is 0 Å². The Bertz CT molecular complexity index is 222. The molecule has 3 heteroatoms. The lowest BCUT2D eigenvalue weighted by molar-refractivity contribution is -0.130. The lowest BCUT2D eigenvalue weighted by atomic mass is 9.84. The van der Waals surface area contributed by atoms with Crippen molar-refractivity contribution in [3.05, 3.63) is 0 Å². The van der Waals surface area contributed by atoms with E-state index in [4.69, 9.17) is 0 Å². The van der Waals surface area contributed by atoms with Gasteiger partial charge in [0.1, 0.15) is 0 Å². The van der Waals surface area contributed by atoms with Crippen molar-refractivity contribution in [1.29, 1.82) is 0 Å². The number of nitrogens with zero attached hydrogens (tertiary/aromatic N) is 1. The van der Waals surface area contributed by atoms with Crippen LogP contribution < -0.4 is 5.32 Å². The molecule has 1 rings (SSSR count). The number of amides is 1. The van der Waals surface area contributed by atoms with Crippen molar-refractivity contribution in [2.24, 2.45) is 5.92 Å². The van der Waals surface area contributed by atoms with Crippen molar-refractivity contribution in [3.8, 4) is 0 Å². The number of likely N-dealkylation sites (N-methyl/N-ethyl adjacent to an activating group) is 1. The second-order valence-electron chi connectivity index (χ2n) is 5.31. The molecule has 0 saturated heterocycles. The minimum atomic E-state index is -0.0630. The molecule has 2 atom stereocenters. The zero-order chi connectivity index (χ0) is 12.1. The maximum Gasteiger partial charge on any atom is 0.238 e. The lowest BCUT2D eigenvalue weighted by Gasteiger charge is -2.31. The first-order chi connectivity index (χ1) is 7.52. The van der Waals surface area contributed by atoms with Crippen molar-refractivity contribution < 1.29 is 4.79 Å². The number of rotatable bonds is 4. The number of carbonyl (C=O) groups is 1. The van der Waals surface area contributed by atoms with Crippen LogP contribution in [0.1, 0.15) is 46.0 Å². The van der Waals surface area contributed by atoms with Gasteiger partial charge in [0.15, 0.2) is 0 Å². The molecule has 0 spiro atoms. The zero-order valence-electron chi connectivity index (χ0n) is 11.1. The van der Waals surface area contributed by atoms with Crippen LogP contribution in [0, 0.1) is 5.92 Å². The van der Waals surface area contributed by atoms with Crippen LogP contribution in [0.4, 0.5) is 0 Å². The summed E-state index contributed by atoms with van der Waals surface area (Å²) in [5.41, 5.74) is 0. The van der Waals surface area contributed by atoms with Crippen LogP contribution in [-0.2, 0) is 4.79 Å². The largest absolute Gasteiger partial charge is 0.347 e. The Morgan fingerprint density at radius 1 is 1.19 bits per heavy atom. The molecular weight excluding hydrogens is 200 g/mol. The van der Waals surface area contributed by atoms with Crippen molar-refractivity contribution in [2.45, 2.75) is 58.0 Å².